The lowest BCUT2D eigenvalue weighted by Gasteiger charge is -2.37. The van der Waals surface area contributed by atoms with E-state index in [-0.39, 0.29) is 18.8 Å². The third-order valence-electron chi connectivity index (χ3n) is 6.70. The topological polar surface area (TPSA) is 36.9 Å². The van der Waals surface area contributed by atoms with E-state index in [9.17, 15) is 0 Å². The largest absolute Gasteiger partial charge is 0.476 e. The van der Waals surface area contributed by atoms with Gasteiger partial charge in [0.25, 0.3) is 0 Å². The number of benzene rings is 4. The molecule has 4 aromatic rings. The standard InChI is InChI=1S/C32H30O4S/c1-33-30-22-28(36-31(37)24-14-6-2-7-15-24)29(35-30)23-34-32(25-16-8-3-9-17-25,26-18-10-4-11-19-26)27-20-12-5-13-21-27/h2-21,28-30H,22-23H2,1H3/t28-,29+,30?/m0/s1. The van der Waals surface area contributed by atoms with Crippen LogP contribution in [-0.2, 0) is 24.5 Å². The molecule has 0 aromatic heterocycles. The Morgan fingerprint density at radius 3 is 1.68 bits per heavy atom. The first-order chi connectivity index (χ1) is 18.2. The van der Waals surface area contributed by atoms with Gasteiger partial charge in [-0.05, 0) is 28.9 Å². The number of thiocarbonyl (C=S) groups is 1. The predicted octanol–water partition coefficient (Wildman–Crippen LogP) is 6.52. The molecule has 0 spiro atoms. The molecular weight excluding hydrogens is 480 g/mol. The first-order valence-corrected chi connectivity index (χ1v) is 12.9. The quantitative estimate of drug-likeness (QED) is 0.189. The molecule has 0 bridgehead atoms. The molecule has 0 radical (unpaired) electrons. The highest BCUT2D eigenvalue weighted by molar-refractivity contribution is 7.80. The van der Waals surface area contributed by atoms with Crippen LogP contribution in [0.4, 0.5) is 0 Å². The Morgan fingerprint density at radius 2 is 1.22 bits per heavy atom. The molecule has 1 aliphatic heterocycles. The van der Waals surface area contributed by atoms with E-state index in [2.05, 4.69) is 36.4 Å². The van der Waals surface area contributed by atoms with E-state index in [4.69, 9.17) is 31.2 Å². The second-order valence-corrected chi connectivity index (χ2v) is 9.35. The summed E-state index contributed by atoms with van der Waals surface area (Å²) in [6.45, 7) is 0.278. The average molecular weight is 511 g/mol. The predicted molar refractivity (Wildman–Crippen MR) is 148 cm³/mol. The Hall–Kier alpha value is -3.35. The van der Waals surface area contributed by atoms with Crippen LogP contribution in [0.3, 0.4) is 0 Å². The molecule has 1 unspecified atom stereocenters. The molecule has 1 saturated heterocycles. The lowest BCUT2D eigenvalue weighted by atomic mass is 9.80. The molecule has 0 amide bonds. The van der Waals surface area contributed by atoms with Gasteiger partial charge in [-0.1, -0.05) is 121 Å². The van der Waals surface area contributed by atoms with Gasteiger partial charge < -0.3 is 18.9 Å². The first kappa shape index (κ1) is 25.3. The molecular formula is C32H30O4S. The summed E-state index contributed by atoms with van der Waals surface area (Å²) in [7, 11) is 1.64. The number of hydrogen-bond donors (Lipinski definition) is 0. The third kappa shape index (κ3) is 5.50. The maximum Gasteiger partial charge on any atom is 0.191 e. The maximum atomic E-state index is 6.98. The SMILES string of the molecule is COC1C[C@H](OC(=S)c2ccccc2)[C@@H](COC(c2ccccc2)(c2ccccc2)c2ccccc2)O1. The first-order valence-electron chi connectivity index (χ1n) is 12.5. The fourth-order valence-electron chi connectivity index (χ4n) is 4.86. The molecule has 0 N–H and O–H groups in total. The summed E-state index contributed by atoms with van der Waals surface area (Å²) in [5.74, 6) is 0. The molecule has 1 fully saturated rings. The van der Waals surface area contributed by atoms with Crippen molar-refractivity contribution >= 4 is 17.3 Å². The zero-order valence-corrected chi connectivity index (χ0v) is 21.6. The number of rotatable bonds is 9. The molecule has 5 heteroatoms. The minimum absolute atomic E-state index is 0.278. The molecule has 5 rings (SSSR count). The number of methoxy groups -OCH3 is 1. The van der Waals surface area contributed by atoms with Crippen LogP contribution in [0.1, 0.15) is 28.7 Å². The molecule has 37 heavy (non-hydrogen) atoms. The summed E-state index contributed by atoms with van der Waals surface area (Å²) < 4.78 is 25.0. The monoisotopic (exact) mass is 510 g/mol. The van der Waals surface area contributed by atoms with Gasteiger partial charge >= 0.3 is 0 Å². The Labute approximate surface area is 223 Å². The normalized spacial score (nSPS) is 19.4. The highest BCUT2D eigenvalue weighted by Gasteiger charge is 2.43. The van der Waals surface area contributed by atoms with E-state index in [1.54, 1.807) is 7.11 Å². The highest BCUT2D eigenvalue weighted by atomic mass is 32.1. The molecule has 1 aliphatic rings. The fraction of sp³-hybridized carbons (Fsp3) is 0.219. The second kappa shape index (κ2) is 11.8. The van der Waals surface area contributed by atoms with Gasteiger partial charge in [-0.2, -0.15) is 0 Å². The summed E-state index contributed by atoms with van der Waals surface area (Å²) in [5, 5.41) is 0.441. The van der Waals surface area contributed by atoms with Crippen LogP contribution in [-0.4, -0.2) is 37.3 Å². The lowest BCUT2D eigenvalue weighted by Crippen LogP contribution is -2.39. The average Bonchev–Trinajstić information content (AvgIpc) is 3.37. The summed E-state index contributed by atoms with van der Waals surface area (Å²) in [4.78, 5) is 0. The van der Waals surface area contributed by atoms with Crippen LogP contribution >= 0.6 is 12.2 Å². The molecule has 4 aromatic carbocycles. The molecule has 4 nitrogen and oxygen atoms in total. The Balaban J connectivity index is 1.48. The molecule has 3 atom stereocenters. The van der Waals surface area contributed by atoms with Crippen molar-refractivity contribution < 1.29 is 18.9 Å². The Kier molecular flexibility index (Phi) is 8.07. The minimum Gasteiger partial charge on any atom is -0.476 e. The zero-order valence-electron chi connectivity index (χ0n) is 20.7. The molecule has 1 heterocycles. The van der Waals surface area contributed by atoms with Gasteiger partial charge in [-0.3, -0.25) is 0 Å². The van der Waals surface area contributed by atoms with E-state index in [0.717, 1.165) is 22.3 Å². The van der Waals surface area contributed by atoms with Gasteiger partial charge in [0.05, 0.1) is 6.61 Å². The third-order valence-corrected chi connectivity index (χ3v) is 7.03. The van der Waals surface area contributed by atoms with Gasteiger partial charge in [0.15, 0.2) is 11.3 Å². The van der Waals surface area contributed by atoms with E-state index in [1.807, 2.05) is 84.9 Å². The number of ether oxygens (including phenoxy) is 4. The van der Waals surface area contributed by atoms with Crippen molar-refractivity contribution in [3.05, 3.63) is 144 Å². The lowest BCUT2D eigenvalue weighted by molar-refractivity contribution is -0.143. The van der Waals surface area contributed by atoms with E-state index >= 15 is 0 Å². The van der Waals surface area contributed by atoms with Gasteiger partial charge in [0.2, 0.25) is 0 Å². The Bertz CT molecular complexity index is 1170. The minimum atomic E-state index is -0.844. The summed E-state index contributed by atoms with van der Waals surface area (Å²) in [5.41, 5.74) is 3.12. The van der Waals surface area contributed by atoms with Gasteiger partial charge in [0, 0.05) is 19.1 Å². The van der Waals surface area contributed by atoms with Crippen LogP contribution < -0.4 is 0 Å². The van der Waals surface area contributed by atoms with Crippen LogP contribution in [0.2, 0.25) is 0 Å². The maximum absolute atomic E-state index is 6.98. The van der Waals surface area contributed by atoms with Gasteiger partial charge in [0.1, 0.15) is 17.8 Å². The summed E-state index contributed by atoms with van der Waals surface area (Å²) >= 11 is 5.61. The fourth-order valence-corrected chi connectivity index (χ4v) is 5.12. The van der Waals surface area contributed by atoms with Crippen molar-refractivity contribution in [2.24, 2.45) is 0 Å². The van der Waals surface area contributed by atoms with E-state index in [1.165, 1.54) is 0 Å². The van der Waals surface area contributed by atoms with Crippen molar-refractivity contribution in [3.8, 4) is 0 Å². The zero-order chi connectivity index (χ0) is 25.5. The summed E-state index contributed by atoms with van der Waals surface area (Å²) in [6, 6.07) is 40.6. The smallest absolute Gasteiger partial charge is 0.191 e. The van der Waals surface area contributed by atoms with Crippen molar-refractivity contribution in [2.45, 2.75) is 30.5 Å². The van der Waals surface area contributed by atoms with Crippen LogP contribution in [0.5, 0.6) is 0 Å². The van der Waals surface area contributed by atoms with Crippen LogP contribution in [0.25, 0.3) is 0 Å². The molecule has 188 valence electrons. The Morgan fingerprint density at radius 1 is 0.757 bits per heavy atom. The van der Waals surface area contributed by atoms with E-state index in [0.29, 0.717) is 11.5 Å². The molecule has 0 aliphatic carbocycles. The summed E-state index contributed by atoms with van der Waals surface area (Å²) in [6.07, 6.45) is -0.511. The van der Waals surface area contributed by atoms with Gasteiger partial charge in [-0.15, -0.1) is 0 Å². The van der Waals surface area contributed by atoms with Crippen LogP contribution in [0, 0.1) is 0 Å². The molecule has 0 saturated carbocycles. The van der Waals surface area contributed by atoms with Crippen LogP contribution in [0.15, 0.2) is 121 Å². The number of hydrogen-bond acceptors (Lipinski definition) is 5. The van der Waals surface area contributed by atoms with Crippen molar-refractivity contribution in [3.63, 3.8) is 0 Å². The highest BCUT2D eigenvalue weighted by Crippen LogP contribution is 2.41. The van der Waals surface area contributed by atoms with Crippen molar-refractivity contribution in [1.82, 2.24) is 0 Å². The van der Waals surface area contributed by atoms with Gasteiger partial charge in [-0.25, -0.2) is 0 Å². The van der Waals surface area contributed by atoms with E-state index < -0.39 is 11.9 Å². The van der Waals surface area contributed by atoms with Crippen molar-refractivity contribution in [1.29, 1.82) is 0 Å². The van der Waals surface area contributed by atoms with Crippen molar-refractivity contribution in [2.75, 3.05) is 13.7 Å². The second-order valence-electron chi connectivity index (χ2n) is 8.98.